The minimum Gasteiger partial charge on any atom is -0.340 e. The van der Waals surface area contributed by atoms with Crippen molar-refractivity contribution in [3.8, 4) is 0 Å². The fourth-order valence-corrected chi connectivity index (χ4v) is 2.95. The van der Waals surface area contributed by atoms with Crippen LogP contribution in [0.1, 0.15) is 11.1 Å². The van der Waals surface area contributed by atoms with Crippen LogP contribution in [0.2, 0.25) is 0 Å². The molecular formula is C13H19N3O3S. The van der Waals surface area contributed by atoms with Crippen LogP contribution in [-0.4, -0.2) is 49.7 Å². The highest BCUT2D eigenvalue weighted by atomic mass is 32.2. The van der Waals surface area contributed by atoms with Gasteiger partial charge in [0.05, 0.1) is 6.42 Å². The molecule has 1 heterocycles. The maximum Gasteiger partial charge on any atom is 0.277 e. The van der Waals surface area contributed by atoms with Gasteiger partial charge in [0.15, 0.2) is 0 Å². The molecule has 0 unspecified atom stereocenters. The molecule has 0 atom stereocenters. The standard InChI is InChI=1S/C13H19N3O3S/c1-11-4-2-3-5-12(11)10-13(17)15-6-8-16(9-7-15)20(14,18)19/h2-5H,6-10H2,1H3,(H2,14,18,19). The Morgan fingerprint density at radius 1 is 1.20 bits per heavy atom. The molecule has 0 spiro atoms. The lowest BCUT2D eigenvalue weighted by Gasteiger charge is -2.33. The van der Waals surface area contributed by atoms with Crippen LogP contribution in [0.15, 0.2) is 24.3 Å². The van der Waals surface area contributed by atoms with E-state index in [4.69, 9.17) is 5.14 Å². The lowest BCUT2D eigenvalue weighted by Crippen LogP contribution is -2.52. The zero-order valence-corrected chi connectivity index (χ0v) is 12.3. The van der Waals surface area contributed by atoms with Gasteiger partial charge in [-0.1, -0.05) is 24.3 Å². The van der Waals surface area contributed by atoms with Crippen molar-refractivity contribution in [2.45, 2.75) is 13.3 Å². The van der Waals surface area contributed by atoms with Gasteiger partial charge in [0.2, 0.25) is 5.91 Å². The lowest BCUT2D eigenvalue weighted by atomic mass is 10.1. The summed E-state index contributed by atoms with van der Waals surface area (Å²) in [5.41, 5.74) is 2.09. The van der Waals surface area contributed by atoms with Crippen molar-refractivity contribution in [1.29, 1.82) is 0 Å². The van der Waals surface area contributed by atoms with Crippen molar-refractivity contribution >= 4 is 16.1 Å². The highest BCUT2D eigenvalue weighted by Crippen LogP contribution is 2.11. The Morgan fingerprint density at radius 3 is 2.35 bits per heavy atom. The fourth-order valence-electron chi connectivity index (χ4n) is 2.28. The van der Waals surface area contributed by atoms with Crippen LogP contribution in [0.3, 0.4) is 0 Å². The molecule has 0 aliphatic carbocycles. The molecule has 7 heteroatoms. The summed E-state index contributed by atoms with van der Waals surface area (Å²) >= 11 is 0. The molecule has 2 rings (SSSR count). The number of aryl methyl sites for hydroxylation is 1. The van der Waals surface area contributed by atoms with Crippen LogP contribution in [0.25, 0.3) is 0 Å². The monoisotopic (exact) mass is 297 g/mol. The van der Waals surface area contributed by atoms with Crippen molar-refractivity contribution in [1.82, 2.24) is 9.21 Å². The van der Waals surface area contributed by atoms with E-state index >= 15 is 0 Å². The summed E-state index contributed by atoms with van der Waals surface area (Å²) in [6, 6.07) is 7.76. The first kappa shape index (κ1) is 15.0. The topological polar surface area (TPSA) is 83.7 Å². The maximum absolute atomic E-state index is 12.2. The first-order chi connectivity index (χ1) is 9.38. The summed E-state index contributed by atoms with van der Waals surface area (Å²) in [6.45, 7) is 3.28. The number of nitrogens with two attached hydrogens (primary N) is 1. The molecule has 1 aliphatic rings. The predicted octanol–water partition coefficient (Wildman–Crippen LogP) is -0.115. The van der Waals surface area contributed by atoms with Crippen molar-refractivity contribution in [3.05, 3.63) is 35.4 Å². The summed E-state index contributed by atoms with van der Waals surface area (Å²) in [7, 11) is -3.65. The molecule has 1 aliphatic heterocycles. The van der Waals surface area contributed by atoms with Crippen molar-refractivity contribution < 1.29 is 13.2 Å². The highest BCUT2D eigenvalue weighted by molar-refractivity contribution is 7.86. The Labute approximate surface area is 119 Å². The minimum absolute atomic E-state index is 0.0216. The Morgan fingerprint density at radius 2 is 1.80 bits per heavy atom. The van der Waals surface area contributed by atoms with Gasteiger partial charge in [-0.3, -0.25) is 4.79 Å². The normalized spacial score (nSPS) is 17.2. The van der Waals surface area contributed by atoms with Crippen molar-refractivity contribution in [2.75, 3.05) is 26.2 Å². The third kappa shape index (κ3) is 3.56. The Hall–Kier alpha value is -1.44. The van der Waals surface area contributed by atoms with Gasteiger partial charge < -0.3 is 4.90 Å². The van der Waals surface area contributed by atoms with Gasteiger partial charge in [-0.05, 0) is 18.1 Å². The fraction of sp³-hybridized carbons (Fsp3) is 0.462. The van der Waals surface area contributed by atoms with E-state index in [1.165, 1.54) is 4.31 Å². The third-order valence-corrected chi connectivity index (χ3v) is 4.64. The zero-order valence-electron chi connectivity index (χ0n) is 11.4. The number of piperazine rings is 1. The number of hydrogen-bond acceptors (Lipinski definition) is 3. The molecule has 20 heavy (non-hydrogen) atoms. The van der Waals surface area contributed by atoms with E-state index in [9.17, 15) is 13.2 Å². The third-order valence-electron chi connectivity index (χ3n) is 3.55. The molecule has 1 fully saturated rings. The molecule has 1 saturated heterocycles. The second-order valence-electron chi connectivity index (χ2n) is 4.93. The highest BCUT2D eigenvalue weighted by Gasteiger charge is 2.26. The van der Waals surface area contributed by atoms with Crippen LogP contribution in [-0.2, 0) is 21.4 Å². The molecule has 0 saturated carbocycles. The Bertz CT molecular complexity index is 593. The minimum atomic E-state index is -3.65. The van der Waals surface area contributed by atoms with E-state index in [0.717, 1.165) is 11.1 Å². The number of carbonyl (C=O) groups excluding carboxylic acids is 1. The summed E-state index contributed by atoms with van der Waals surface area (Å²) in [5.74, 6) is 0.0216. The second-order valence-corrected chi connectivity index (χ2v) is 6.47. The number of carbonyl (C=O) groups is 1. The van der Waals surface area contributed by atoms with E-state index in [1.54, 1.807) is 4.90 Å². The van der Waals surface area contributed by atoms with Crippen molar-refractivity contribution in [3.63, 3.8) is 0 Å². The maximum atomic E-state index is 12.2. The molecule has 1 aromatic rings. The number of nitrogens with zero attached hydrogens (tertiary/aromatic N) is 2. The van der Waals surface area contributed by atoms with Crippen LogP contribution < -0.4 is 5.14 Å². The van der Waals surface area contributed by atoms with E-state index in [2.05, 4.69) is 0 Å². The van der Waals surface area contributed by atoms with E-state index in [0.29, 0.717) is 19.5 Å². The number of rotatable bonds is 3. The van der Waals surface area contributed by atoms with Gasteiger partial charge in [-0.25, -0.2) is 5.14 Å². The average Bonchev–Trinajstić information content (AvgIpc) is 2.40. The van der Waals surface area contributed by atoms with E-state index in [1.807, 2.05) is 31.2 Å². The summed E-state index contributed by atoms with van der Waals surface area (Å²) in [5, 5.41) is 5.07. The molecule has 6 nitrogen and oxygen atoms in total. The van der Waals surface area contributed by atoms with Crippen LogP contribution in [0.5, 0.6) is 0 Å². The van der Waals surface area contributed by atoms with Gasteiger partial charge in [-0.15, -0.1) is 0 Å². The van der Waals surface area contributed by atoms with Crippen LogP contribution in [0, 0.1) is 6.92 Å². The van der Waals surface area contributed by atoms with Gasteiger partial charge in [-0.2, -0.15) is 12.7 Å². The van der Waals surface area contributed by atoms with Gasteiger partial charge in [0.1, 0.15) is 0 Å². The van der Waals surface area contributed by atoms with E-state index < -0.39 is 10.2 Å². The average molecular weight is 297 g/mol. The molecule has 110 valence electrons. The van der Waals surface area contributed by atoms with Crippen molar-refractivity contribution in [2.24, 2.45) is 5.14 Å². The van der Waals surface area contributed by atoms with Gasteiger partial charge in [0, 0.05) is 26.2 Å². The molecule has 1 amide bonds. The second kappa shape index (κ2) is 5.90. The zero-order chi connectivity index (χ0) is 14.8. The van der Waals surface area contributed by atoms with Gasteiger partial charge >= 0.3 is 0 Å². The predicted molar refractivity (Wildman–Crippen MR) is 76.1 cm³/mol. The smallest absolute Gasteiger partial charge is 0.277 e. The first-order valence-electron chi connectivity index (χ1n) is 6.48. The lowest BCUT2D eigenvalue weighted by molar-refractivity contribution is -0.131. The van der Waals surface area contributed by atoms with E-state index in [-0.39, 0.29) is 19.0 Å². The quantitative estimate of drug-likeness (QED) is 0.844. The Balaban J connectivity index is 1.94. The molecule has 0 radical (unpaired) electrons. The first-order valence-corrected chi connectivity index (χ1v) is 7.98. The molecule has 2 N–H and O–H groups in total. The molecule has 1 aromatic carbocycles. The molecular weight excluding hydrogens is 278 g/mol. The summed E-state index contributed by atoms with van der Waals surface area (Å²) in [4.78, 5) is 13.9. The molecule has 0 aromatic heterocycles. The number of benzene rings is 1. The summed E-state index contributed by atoms with van der Waals surface area (Å²) in [6.07, 6.45) is 0.349. The number of hydrogen-bond donors (Lipinski definition) is 1. The Kier molecular flexibility index (Phi) is 4.42. The van der Waals surface area contributed by atoms with Gasteiger partial charge in [0.25, 0.3) is 10.2 Å². The molecule has 0 bridgehead atoms. The number of amides is 1. The van der Waals surface area contributed by atoms with Crippen LogP contribution >= 0.6 is 0 Å². The largest absolute Gasteiger partial charge is 0.340 e. The summed E-state index contributed by atoms with van der Waals surface area (Å²) < 4.78 is 23.6. The van der Waals surface area contributed by atoms with Crippen LogP contribution in [0.4, 0.5) is 0 Å². The SMILES string of the molecule is Cc1ccccc1CC(=O)N1CCN(S(N)(=O)=O)CC1.